The van der Waals surface area contributed by atoms with Crippen molar-refractivity contribution in [2.75, 3.05) is 0 Å². The van der Waals surface area contributed by atoms with E-state index < -0.39 is 64.9 Å². The van der Waals surface area contributed by atoms with E-state index in [4.69, 9.17) is 14.6 Å². The lowest BCUT2D eigenvalue weighted by Crippen LogP contribution is -2.62. The Hall–Kier alpha value is -2.23. The third kappa shape index (κ3) is 5.27. The first-order valence-electron chi connectivity index (χ1n) is 17.2. The van der Waals surface area contributed by atoms with Gasteiger partial charge in [0.2, 0.25) is 0 Å². The minimum absolute atomic E-state index is 0.222. The molecule has 46 heavy (non-hydrogen) atoms. The Morgan fingerprint density at radius 3 is 2.26 bits per heavy atom. The Balaban J connectivity index is 1.41. The molecule has 2 fully saturated rings. The van der Waals surface area contributed by atoms with Crippen LogP contribution >= 0.6 is 0 Å². The molecule has 0 bridgehead atoms. The van der Waals surface area contributed by atoms with Gasteiger partial charge >= 0.3 is 17.9 Å². The molecule has 9 nitrogen and oxygen atoms in total. The molecule has 0 saturated heterocycles. The predicted molar refractivity (Wildman–Crippen MR) is 171 cm³/mol. The maximum absolute atomic E-state index is 12.9. The van der Waals surface area contributed by atoms with E-state index in [9.17, 15) is 29.7 Å². The first kappa shape index (κ1) is 35.1. The zero-order valence-corrected chi connectivity index (χ0v) is 29.2. The Bertz CT molecular complexity index is 1360. The van der Waals surface area contributed by atoms with Gasteiger partial charge in [-0.2, -0.15) is 0 Å². The highest BCUT2D eigenvalue weighted by Crippen LogP contribution is 2.72. The van der Waals surface area contributed by atoms with E-state index in [0.29, 0.717) is 31.3 Å². The van der Waals surface area contributed by atoms with Crippen LogP contribution in [0.4, 0.5) is 0 Å². The molecular formula is C37H56O9. The van der Waals surface area contributed by atoms with E-state index in [1.165, 1.54) is 18.1 Å². The van der Waals surface area contributed by atoms with Gasteiger partial charge in [0.05, 0.1) is 30.7 Å². The second kappa shape index (κ2) is 11.4. The number of aliphatic hydroxyl groups excluding tert-OH is 2. The van der Waals surface area contributed by atoms with Gasteiger partial charge in [-0.25, -0.2) is 4.79 Å². The van der Waals surface area contributed by atoms with Crippen molar-refractivity contribution < 1.29 is 44.3 Å². The standard InChI is InChI=1S/C37H56O9/c1-19(14-26-20(2)21(3)32(43)45-26)22-10-13-36(8)24-15-25(38)31-33(4,5)28(46-30(42)18-34(6,44)17-29(40)41)11-12-35(31,7)23(24)16-27(39)37(22,36)9/h19,22,25-28,31,38-39,44H,10-18H2,1-9H3,(H,40,41). The summed E-state index contributed by atoms with van der Waals surface area (Å²) in [7, 11) is 0. The van der Waals surface area contributed by atoms with Crippen molar-refractivity contribution in [3.05, 3.63) is 22.3 Å². The van der Waals surface area contributed by atoms with Crippen molar-refractivity contribution in [2.24, 2.45) is 39.4 Å². The smallest absolute Gasteiger partial charge is 0.334 e. The summed E-state index contributed by atoms with van der Waals surface area (Å²) in [5.74, 6) is -1.85. The van der Waals surface area contributed by atoms with Crippen LogP contribution in [-0.2, 0) is 23.9 Å². The zero-order valence-electron chi connectivity index (χ0n) is 29.2. The second-order valence-corrected chi connectivity index (χ2v) is 17.1. The summed E-state index contributed by atoms with van der Waals surface area (Å²) in [6.45, 7) is 18.2. The third-order valence-corrected chi connectivity index (χ3v) is 14.0. The van der Waals surface area contributed by atoms with Crippen LogP contribution in [0, 0.1) is 39.4 Å². The Labute approximate surface area is 273 Å². The maximum atomic E-state index is 12.9. The quantitative estimate of drug-likeness (QED) is 0.199. The van der Waals surface area contributed by atoms with Crippen molar-refractivity contribution in [1.29, 1.82) is 0 Å². The SMILES string of the molecule is CC1=C(C)C(CC(C)C2CCC3(C)C4=C(CC(O)C23C)C2(C)CCC(OC(=O)CC(C)(O)CC(=O)O)C(C)(C)C2C(O)C4)OC1=O. The van der Waals surface area contributed by atoms with Crippen molar-refractivity contribution in [3.63, 3.8) is 0 Å². The van der Waals surface area contributed by atoms with Gasteiger partial charge in [-0.15, -0.1) is 0 Å². The molecule has 0 radical (unpaired) electrons. The number of carbonyl (C=O) groups is 3. The summed E-state index contributed by atoms with van der Waals surface area (Å²) in [4.78, 5) is 36.3. The van der Waals surface area contributed by atoms with Crippen LogP contribution in [0.15, 0.2) is 22.3 Å². The van der Waals surface area contributed by atoms with E-state index in [1.807, 2.05) is 27.7 Å². The zero-order chi connectivity index (χ0) is 34.4. The number of rotatable bonds is 8. The topological polar surface area (TPSA) is 151 Å². The van der Waals surface area contributed by atoms with Crippen molar-refractivity contribution in [3.8, 4) is 0 Å². The molecule has 11 atom stereocenters. The number of aliphatic hydroxyl groups is 3. The van der Waals surface area contributed by atoms with Gasteiger partial charge in [0.25, 0.3) is 0 Å². The molecule has 11 unspecified atom stereocenters. The number of carbonyl (C=O) groups excluding carboxylic acids is 2. The molecular weight excluding hydrogens is 588 g/mol. The van der Waals surface area contributed by atoms with Crippen LogP contribution in [-0.4, -0.2) is 68.4 Å². The lowest BCUT2D eigenvalue weighted by molar-refractivity contribution is -0.186. The summed E-state index contributed by atoms with van der Waals surface area (Å²) in [6.07, 6.45) is 1.94. The van der Waals surface area contributed by atoms with Crippen LogP contribution in [0.25, 0.3) is 0 Å². The fraction of sp³-hybridized carbons (Fsp3) is 0.811. The van der Waals surface area contributed by atoms with Crippen molar-refractivity contribution >= 4 is 17.9 Å². The molecule has 1 aliphatic heterocycles. The predicted octanol–water partition coefficient (Wildman–Crippen LogP) is 5.49. The van der Waals surface area contributed by atoms with E-state index >= 15 is 0 Å². The molecule has 9 heteroatoms. The summed E-state index contributed by atoms with van der Waals surface area (Å²) in [5.41, 5.74) is 0.809. The van der Waals surface area contributed by atoms with Gasteiger partial charge in [0.1, 0.15) is 12.2 Å². The number of hydrogen-bond donors (Lipinski definition) is 4. The normalized spacial score (nSPS) is 42.0. The first-order valence-corrected chi connectivity index (χ1v) is 17.2. The Morgan fingerprint density at radius 2 is 1.67 bits per heavy atom. The van der Waals surface area contributed by atoms with Gasteiger partial charge in [-0.3, -0.25) is 9.59 Å². The number of aliphatic carboxylic acids is 1. The first-order chi connectivity index (χ1) is 21.1. The van der Waals surface area contributed by atoms with E-state index in [0.717, 1.165) is 24.8 Å². The fourth-order valence-corrected chi connectivity index (χ4v) is 11.3. The molecule has 2 saturated carbocycles. The highest BCUT2D eigenvalue weighted by Gasteiger charge is 2.68. The number of esters is 2. The van der Waals surface area contributed by atoms with E-state index in [2.05, 4.69) is 27.7 Å². The van der Waals surface area contributed by atoms with Crippen molar-refractivity contribution in [1.82, 2.24) is 0 Å². The molecule has 1 heterocycles. The Kier molecular flexibility index (Phi) is 8.72. The summed E-state index contributed by atoms with van der Waals surface area (Å²) < 4.78 is 11.7. The second-order valence-electron chi connectivity index (χ2n) is 17.1. The Morgan fingerprint density at radius 1 is 1.02 bits per heavy atom. The lowest BCUT2D eigenvalue weighted by Gasteiger charge is -2.64. The summed E-state index contributed by atoms with van der Waals surface area (Å²) in [6, 6.07) is 0. The van der Waals surface area contributed by atoms with Gasteiger partial charge in [-0.1, -0.05) is 52.7 Å². The monoisotopic (exact) mass is 644 g/mol. The third-order valence-electron chi connectivity index (χ3n) is 14.0. The van der Waals surface area contributed by atoms with Gasteiger partial charge in [0, 0.05) is 22.3 Å². The van der Waals surface area contributed by atoms with E-state index in [-0.39, 0.29) is 35.2 Å². The van der Waals surface area contributed by atoms with Gasteiger partial charge in [0.15, 0.2) is 0 Å². The van der Waals surface area contributed by atoms with Crippen LogP contribution in [0.1, 0.15) is 120 Å². The largest absolute Gasteiger partial charge is 0.481 e. The molecule has 0 aromatic carbocycles. The minimum Gasteiger partial charge on any atom is -0.481 e. The molecule has 5 rings (SSSR count). The number of fused-ring (bicyclic) bond motifs is 4. The maximum Gasteiger partial charge on any atom is 0.334 e. The average Bonchev–Trinajstić information content (AvgIpc) is 3.34. The van der Waals surface area contributed by atoms with Crippen LogP contribution < -0.4 is 0 Å². The highest BCUT2D eigenvalue weighted by atomic mass is 16.6. The van der Waals surface area contributed by atoms with Gasteiger partial charge in [-0.05, 0) is 94.0 Å². The van der Waals surface area contributed by atoms with Crippen LogP contribution in [0.3, 0.4) is 0 Å². The molecule has 5 aliphatic rings. The minimum atomic E-state index is -1.71. The fourth-order valence-electron chi connectivity index (χ4n) is 11.3. The van der Waals surface area contributed by atoms with Crippen LogP contribution in [0.2, 0.25) is 0 Å². The number of cyclic esters (lactones) is 1. The number of carboxylic acids is 1. The molecule has 0 aromatic heterocycles. The molecule has 0 aromatic rings. The highest BCUT2D eigenvalue weighted by molar-refractivity contribution is 5.91. The summed E-state index contributed by atoms with van der Waals surface area (Å²) in [5, 5.41) is 43.7. The number of ether oxygens (including phenoxy) is 2. The number of carboxylic acid groups (broad SMARTS) is 1. The van der Waals surface area contributed by atoms with Crippen molar-refractivity contribution in [2.45, 2.75) is 150 Å². The lowest BCUT2D eigenvalue weighted by atomic mass is 9.42. The molecule has 4 aliphatic carbocycles. The molecule has 4 N–H and O–H groups in total. The van der Waals surface area contributed by atoms with Crippen LogP contribution in [0.5, 0.6) is 0 Å². The summed E-state index contributed by atoms with van der Waals surface area (Å²) >= 11 is 0. The van der Waals surface area contributed by atoms with Gasteiger partial charge < -0.3 is 29.9 Å². The molecule has 0 amide bonds. The van der Waals surface area contributed by atoms with E-state index in [1.54, 1.807) is 0 Å². The average molecular weight is 645 g/mol. The molecule has 258 valence electrons. The number of hydrogen-bond acceptors (Lipinski definition) is 8. The molecule has 0 spiro atoms.